The lowest BCUT2D eigenvalue weighted by atomic mass is 9.93. The number of hydrogen-bond acceptors (Lipinski definition) is 6. The number of thioether (sulfide) groups is 1. The molecule has 2 aromatic rings. The van der Waals surface area contributed by atoms with E-state index in [1.54, 1.807) is 18.7 Å². The van der Waals surface area contributed by atoms with Crippen LogP contribution < -0.4 is 14.4 Å². The van der Waals surface area contributed by atoms with Crippen molar-refractivity contribution in [3.8, 4) is 11.5 Å². The second-order valence-electron chi connectivity index (χ2n) is 6.36. The van der Waals surface area contributed by atoms with E-state index in [0.717, 1.165) is 27.9 Å². The number of amidine groups is 1. The van der Waals surface area contributed by atoms with Gasteiger partial charge in [-0.05, 0) is 49.9 Å². The van der Waals surface area contributed by atoms with Crippen LogP contribution in [-0.2, 0) is 4.79 Å². The third-order valence-electron chi connectivity index (χ3n) is 4.72. The molecular formula is C21H20N2O3S. The van der Waals surface area contributed by atoms with Gasteiger partial charge in [-0.3, -0.25) is 9.69 Å². The van der Waals surface area contributed by atoms with E-state index in [-0.39, 0.29) is 18.6 Å². The average molecular weight is 380 g/mol. The Kier molecular flexibility index (Phi) is 4.66. The number of Topliss-reactive ketones (excluding diaryl/α,β-unsaturated/α-hetero) is 1. The molecule has 6 heteroatoms. The number of carbonyl (C=O) groups is 1. The summed E-state index contributed by atoms with van der Waals surface area (Å²) in [7, 11) is 0. The van der Waals surface area contributed by atoms with Gasteiger partial charge in [0.05, 0.1) is 0 Å². The molecule has 4 rings (SSSR count). The molecule has 0 amide bonds. The highest BCUT2D eigenvalue weighted by atomic mass is 32.2. The molecule has 2 aromatic carbocycles. The number of fused-ring (bicyclic) bond motifs is 1. The number of benzene rings is 2. The van der Waals surface area contributed by atoms with Crippen molar-refractivity contribution < 1.29 is 14.3 Å². The van der Waals surface area contributed by atoms with E-state index in [0.29, 0.717) is 11.3 Å². The van der Waals surface area contributed by atoms with Gasteiger partial charge in [-0.1, -0.05) is 36.0 Å². The molecule has 0 aromatic heterocycles. The van der Waals surface area contributed by atoms with Crippen LogP contribution in [-0.4, -0.2) is 24.0 Å². The lowest BCUT2D eigenvalue weighted by molar-refractivity contribution is -0.113. The van der Waals surface area contributed by atoms with Crippen molar-refractivity contribution in [2.45, 2.75) is 19.9 Å². The molecule has 2 heterocycles. The number of ether oxygens (including phenoxy) is 2. The minimum absolute atomic E-state index is 0.0139. The molecule has 0 bridgehead atoms. The molecule has 2 aliphatic heterocycles. The van der Waals surface area contributed by atoms with Gasteiger partial charge in [0.1, 0.15) is 6.04 Å². The van der Waals surface area contributed by atoms with E-state index >= 15 is 0 Å². The summed E-state index contributed by atoms with van der Waals surface area (Å²) < 4.78 is 10.9. The van der Waals surface area contributed by atoms with Crippen molar-refractivity contribution in [3.63, 3.8) is 0 Å². The van der Waals surface area contributed by atoms with Gasteiger partial charge in [-0.2, -0.15) is 0 Å². The molecule has 0 unspecified atom stereocenters. The summed E-state index contributed by atoms with van der Waals surface area (Å²) in [6.07, 6.45) is 2.00. The number of carbonyl (C=O) groups excluding carboxylic acids is 1. The second kappa shape index (κ2) is 7.12. The monoisotopic (exact) mass is 380 g/mol. The zero-order valence-electron chi connectivity index (χ0n) is 15.4. The first kappa shape index (κ1) is 17.7. The Morgan fingerprint density at radius 2 is 1.89 bits per heavy atom. The first-order valence-corrected chi connectivity index (χ1v) is 9.91. The Labute approximate surface area is 162 Å². The summed E-state index contributed by atoms with van der Waals surface area (Å²) in [6, 6.07) is 15.4. The van der Waals surface area contributed by atoms with E-state index in [1.807, 2.05) is 66.6 Å². The Hall–Kier alpha value is -2.73. The average Bonchev–Trinajstić information content (AvgIpc) is 3.15. The molecule has 2 aliphatic rings. The largest absolute Gasteiger partial charge is 0.454 e. The van der Waals surface area contributed by atoms with Gasteiger partial charge in [0.25, 0.3) is 0 Å². The number of nitrogens with zero attached hydrogens (tertiary/aromatic N) is 2. The summed E-state index contributed by atoms with van der Waals surface area (Å²) in [6.45, 7) is 3.80. The number of ketones is 1. The molecular weight excluding hydrogens is 360 g/mol. The third kappa shape index (κ3) is 3.10. The summed E-state index contributed by atoms with van der Waals surface area (Å²) >= 11 is 1.56. The molecule has 27 heavy (non-hydrogen) atoms. The van der Waals surface area contributed by atoms with E-state index in [2.05, 4.69) is 0 Å². The van der Waals surface area contributed by atoms with Crippen LogP contribution in [0.4, 0.5) is 5.69 Å². The predicted octanol–water partition coefficient (Wildman–Crippen LogP) is 4.56. The highest BCUT2D eigenvalue weighted by molar-refractivity contribution is 8.13. The molecule has 138 valence electrons. The first-order chi connectivity index (χ1) is 13.1. The normalized spacial score (nSPS) is 18.6. The zero-order chi connectivity index (χ0) is 19.0. The Bertz CT molecular complexity index is 953. The van der Waals surface area contributed by atoms with Gasteiger partial charge in [0.15, 0.2) is 22.4 Å². The smallest absolute Gasteiger partial charge is 0.231 e. The molecule has 0 N–H and O–H groups in total. The Balaban J connectivity index is 1.84. The molecule has 0 radical (unpaired) electrons. The Morgan fingerprint density at radius 3 is 2.59 bits per heavy atom. The summed E-state index contributed by atoms with van der Waals surface area (Å²) in [5, 5.41) is 0.853. The third-order valence-corrected chi connectivity index (χ3v) is 5.37. The van der Waals surface area contributed by atoms with Crippen molar-refractivity contribution in [1.29, 1.82) is 0 Å². The van der Waals surface area contributed by atoms with Gasteiger partial charge >= 0.3 is 0 Å². The van der Waals surface area contributed by atoms with Crippen LogP contribution in [0.3, 0.4) is 0 Å². The Morgan fingerprint density at radius 1 is 1.15 bits per heavy atom. The lowest BCUT2D eigenvalue weighted by Crippen LogP contribution is -2.34. The summed E-state index contributed by atoms with van der Waals surface area (Å²) in [5.41, 5.74) is 3.50. The molecule has 0 aliphatic carbocycles. The van der Waals surface area contributed by atoms with Crippen LogP contribution in [0.15, 0.2) is 64.8 Å². The van der Waals surface area contributed by atoms with Crippen molar-refractivity contribution in [1.82, 2.24) is 0 Å². The van der Waals surface area contributed by atoms with E-state index in [9.17, 15) is 4.79 Å². The first-order valence-electron chi connectivity index (χ1n) is 8.68. The number of anilines is 1. The van der Waals surface area contributed by atoms with Gasteiger partial charge in [-0.25, -0.2) is 4.99 Å². The van der Waals surface area contributed by atoms with Crippen LogP contribution >= 0.6 is 11.8 Å². The zero-order valence-corrected chi connectivity index (χ0v) is 16.2. The minimum Gasteiger partial charge on any atom is -0.454 e. The number of para-hydroxylation sites is 1. The van der Waals surface area contributed by atoms with Crippen molar-refractivity contribution in [2.24, 2.45) is 4.99 Å². The van der Waals surface area contributed by atoms with Crippen LogP contribution in [0.25, 0.3) is 0 Å². The molecule has 1 atom stereocenters. The number of rotatable bonds is 3. The van der Waals surface area contributed by atoms with Gasteiger partial charge in [-0.15, -0.1) is 0 Å². The summed E-state index contributed by atoms with van der Waals surface area (Å²) in [4.78, 5) is 19.6. The SMILES string of the molecule is CSC1=N[C@@H](c2ccc3c(c2)OCO3)C(C(C)=O)=C(C)N1c1ccccc1. The van der Waals surface area contributed by atoms with E-state index in [1.165, 1.54) is 0 Å². The molecule has 0 spiro atoms. The van der Waals surface area contributed by atoms with Gasteiger partial charge in [0.2, 0.25) is 6.79 Å². The predicted molar refractivity (Wildman–Crippen MR) is 109 cm³/mol. The quantitative estimate of drug-likeness (QED) is 0.781. The molecule has 0 saturated heterocycles. The van der Waals surface area contributed by atoms with Crippen LogP contribution in [0.5, 0.6) is 11.5 Å². The number of allylic oxidation sites excluding steroid dienone is 1. The number of aliphatic imine (C=N–C) groups is 1. The molecule has 0 saturated carbocycles. The maximum Gasteiger partial charge on any atom is 0.231 e. The summed E-state index contributed by atoms with van der Waals surface area (Å²) in [5.74, 6) is 1.43. The maximum absolute atomic E-state index is 12.6. The molecule has 5 nitrogen and oxygen atoms in total. The standard InChI is InChI=1S/C21H20N2O3S/c1-13-19(14(2)24)20(15-9-10-17-18(11-15)26-12-25-17)22-21(27-3)23(13)16-7-5-4-6-8-16/h4-11,20H,12H2,1-3H3/t20-/m0/s1. The number of hydrogen-bond donors (Lipinski definition) is 0. The van der Waals surface area contributed by atoms with Crippen LogP contribution in [0.2, 0.25) is 0 Å². The van der Waals surface area contributed by atoms with Crippen molar-refractivity contribution in [3.05, 3.63) is 65.4 Å². The fourth-order valence-corrected chi connectivity index (χ4v) is 4.13. The highest BCUT2D eigenvalue weighted by Gasteiger charge is 2.32. The van der Waals surface area contributed by atoms with Gasteiger partial charge in [0, 0.05) is 17.0 Å². The lowest BCUT2D eigenvalue weighted by Gasteiger charge is -2.34. The fourth-order valence-electron chi connectivity index (χ4n) is 3.49. The highest BCUT2D eigenvalue weighted by Crippen LogP contribution is 2.41. The van der Waals surface area contributed by atoms with Crippen LogP contribution in [0.1, 0.15) is 25.5 Å². The topological polar surface area (TPSA) is 51.1 Å². The second-order valence-corrected chi connectivity index (χ2v) is 7.13. The van der Waals surface area contributed by atoms with E-state index in [4.69, 9.17) is 14.5 Å². The van der Waals surface area contributed by atoms with Gasteiger partial charge < -0.3 is 9.47 Å². The van der Waals surface area contributed by atoms with Crippen LogP contribution in [0, 0.1) is 0 Å². The van der Waals surface area contributed by atoms with Crippen molar-refractivity contribution >= 4 is 28.4 Å². The fraction of sp³-hybridized carbons (Fsp3) is 0.238. The minimum atomic E-state index is -0.362. The van der Waals surface area contributed by atoms with E-state index < -0.39 is 0 Å². The maximum atomic E-state index is 12.6. The molecule has 0 fully saturated rings. The van der Waals surface area contributed by atoms with Crippen molar-refractivity contribution in [2.75, 3.05) is 17.9 Å².